The zero-order valence-electron chi connectivity index (χ0n) is 13.5. The molecule has 0 saturated carbocycles. The maximum absolute atomic E-state index is 12.2. The van der Waals surface area contributed by atoms with E-state index in [1.807, 2.05) is 13.8 Å². The Bertz CT molecular complexity index is 382. The van der Waals surface area contributed by atoms with Crippen molar-refractivity contribution in [1.82, 2.24) is 14.9 Å². The molecule has 1 aliphatic heterocycles. The number of likely N-dealkylation sites (tertiary alicyclic amines) is 1. The molecule has 0 aromatic carbocycles. The van der Waals surface area contributed by atoms with Gasteiger partial charge in [0.05, 0.1) is 5.25 Å². The van der Waals surface area contributed by atoms with Crippen LogP contribution in [-0.4, -0.2) is 56.8 Å². The van der Waals surface area contributed by atoms with Crippen LogP contribution >= 0.6 is 0 Å². The van der Waals surface area contributed by atoms with Crippen LogP contribution in [0.4, 0.5) is 0 Å². The molecule has 6 heteroatoms. The lowest BCUT2D eigenvalue weighted by atomic mass is 10.1. The van der Waals surface area contributed by atoms with Crippen molar-refractivity contribution in [2.24, 2.45) is 5.92 Å². The number of nitrogens with one attached hydrogen (secondary N) is 2. The standard InChI is InChI=1S/C14H31N3O2S/c1-11(2)15-8-13(5)20(18,19)16-9-14-6-7-17(10-14)12(3)4/h11-16H,6-10H2,1-5H3. The maximum Gasteiger partial charge on any atom is 0.215 e. The maximum atomic E-state index is 12.2. The smallest absolute Gasteiger partial charge is 0.215 e. The van der Waals surface area contributed by atoms with Crippen molar-refractivity contribution in [3.05, 3.63) is 0 Å². The van der Waals surface area contributed by atoms with E-state index in [-0.39, 0.29) is 0 Å². The van der Waals surface area contributed by atoms with Gasteiger partial charge in [-0.25, -0.2) is 13.1 Å². The second-order valence-corrected chi connectivity index (χ2v) is 8.69. The van der Waals surface area contributed by atoms with E-state index in [2.05, 4.69) is 28.8 Å². The Morgan fingerprint density at radius 1 is 1.20 bits per heavy atom. The van der Waals surface area contributed by atoms with E-state index < -0.39 is 15.3 Å². The van der Waals surface area contributed by atoms with Crippen molar-refractivity contribution in [1.29, 1.82) is 0 Å². The van der Waals surface area contributed by atoms with Crippen LogP contribution in [0.15, 0.2) is 0 Å². The molecule has 0 radical (unpaired) electrons. The Morgan fingerprint density at radius 2 is 1.85 bits per heavy atom. The number of hydrogen-bond acceptors (Lipinski definition) is 4. The molecule has 2 unspecified atom stereocenters. The van der Waals surface area contributed by atoms with Gasteiger partial charge in [-0.2, -0.15) is 0 Å². The molecule has 5 nitrogen and oxygen atoms in total. The fourth-order valence-corrected chi connectivity index (χ4v) is 3.45. The Morgan fingerprint density at radius 3 is 2.35 bits per heavy atom. The van der Waals surface area contributed by atoms with Crippen LogP contribution in [0.25, 0.3) is 0 Å². The zero-order valence-corrected chi connectivity index (χ0v) is 14.3. The van der Waals surface area contributed by atoms with Gasteiger partial charge in [-0.15, -0.1) is 0 Å². The van der Waals surface area contributed by atoms with Gasteiger partial charge in [0, 0.05) is 31.7 Å². The van der Waals surface area contributed by atoms with Gasteiger partial charge in [-0.05, 0) is 39.7 Å². The third-order valence-electron chi connectivity index (χ3n) is 3.96. The molecule has 0 amide bonds. The number of hydrogen-bond donors (Lipinski definition) is 2. The predicted octanol–water partition coefficient (Wildman–Crippen LogP) is 1.02. The summed E-state index contributed by atoms with van der Waals surface area (Å²) in [5.41, 5.74) is 0. The molecule has 0 aromatic heterocycles. The third kappa shape index (κ3) is 5.68. The van der Waals surface area contributed by atoms with E-state index in [1.165, 1.54) is 0 Å². The van der Waals surface area contributed by atoms with Gasteiger partial charge in [0.1, 0.15) is 0 Å². The summed E-state index contributed by atoms with van der Waals surface area (Å²) in [6.07, 6.45) is 1.08. The van der Waals surface area contributed by atoms with Crippen LogP contribution in [-0.2, 0) is 10.0 Å². The van der Waals surface area contributed by atoms with E-state index in [4.69, 9.17) is 0 Å². The van der Waals surface area contributed by atoms with E-state index >= 15 is 0 Å². The Hall–Kier alpha value is -0.170. The fraction of sp³-hybridized carbons (Fsp3) is 1.00. The van der Waals surface area contributed by atoms with Crippen LogP contribution in [0.3, 0.4) is 0 Å². The molecule has 2 atom stereocenters. The molecule has 2 N–H and O–H groups in total. The molecule has 0 aromatic rings. The Kier molecular flexibility index (Phi) is 6.91. The first-order valence-electron chi connectivity index (χ1n) is 7.68. The third-order valence-corrected chi connectivity index (χ3v) is 5.76. The average Bonchev–Trinajstić information content (AvgIpc) is 2.82. The lowest BCUT2D eigenvalue weighted by Crippen LogP contribution is -2.42. The first-order chi connectivity index (χ1) is 9.22. The number of rotatable bonds is 8. The normalized spacial score (nSPS) is 22.9. The van der Waals surface area contributed by atoms with Crippen molar-refractivity contribution in [3.63, 3.8) is 0 Å². The molecule has 1 fully saturated rings. The zero-order chi connectivity index (χ0) is 15.3. The van der Waals surface area contributed by atoms with Crippen molar-refractivity contribution >= 4 is 10.0 Å². The average molecular weight is 305 g/mol. The minimum Gasteiger partial charge on any atom is -0.313 e. The highest BCUT2D eigenvalue weighted by Gasteiger charge is 2.27. The minimum atomic E-state index is -3.21. The fourth-order valence-electron chi connectivity index (χ4n) is 2.39. The SMILES string of the molecule is CC(C)NCC(C)S(=O)(=O)NCC1CCN(C(C)C)C1. The molecular weight excluding hydrogens is 274 g/mol. The summed E-state index contributed by atoms with van der Waals surface area (Å²) in [5.74, 6) is 0.442. The van der Waals surface area contributed by atoms with Crippen molar-refractivity contribution in [2.75, 3.05) is 26.2 Å². The largest absolute Gasteiger partial charge is 0.313 e. The molecule has 0 spiro atoms. The minimum absolute atomic E-state index is 0.307. The molecule has 0 aliphatic carbocycles. The summed E-state index contributed by atoms with van der Waals surface area (Å²) in [6.45, 7) is 13.3. The van der Waals surface area contributed by atoms with Gasteiger partial charge in [0.25, 0.3) is 0 Å². The van der Waals surface area contributed by atoms with Gasteiger partial charge in [-0.1, -0.05) is 13.8 Å². The lowest BCUT2D eigenvalue weighted by Gasteiger charge is -2.21. The summed E-state index contributed by atoms with van der Waals surface area (Å²) < 4.78 is 27.1. The molecule has 20 heavy (non-hydrogen) atoms. The molecule has 1 rings (SSSR count). The second kappa shape index (κ2) is 7.73. The van der Waals surface area contributed by atoms with E-state index in [9.17, 15) is 8.42 Å². The van der Waals surface area contributed by atoms with Gasteiger partial charge in [-0.3, -0.25) is 0 Å². The molecular formula is C14H31N3O2S. The van der Waals surface area contributed by atoms with Crippen molar-refractivity contribution in [3.8, 4) is 0 Å². The van der Waals surface area contributed by atoms with E-state index in [0.29, 0.717) is 31.1 Å². The van der Waals surface area contributed by atoms with Gasteiger partial charge in [0.2, 0.25) is 10.0 Å². The van der Waals surface area contributed by atoms with Gasteiger partial charge < -0.3 is 10.2 Å². The Labute approximate surface area is 124 Å². The van der Waals surface area contributed by atoms with Crippen LogP contribution in [0, 0.1) is 5.92 Å². The topological polar surface area (TPSA) is 61.4 Å². The monoisotopic (exact) mass is 305 g/mol. The molecule has 1 heterocycles. The lowest BCUT2D eigenvalue weighted by molar-refractivity contribution is 0.265. The van der Waals surface area contributed by atoms with Crippen LogP contribution in [0.2, 0.25) is 0 Å². The summed E-state index contributed by atoms with van der Waals surface area (Å²) in [6, 6.07) is 0.854. The molecule has 0 bridgehead atoms. The molecule has 120 valence electrons. The second-order valence-electron chi connectivity index (χ2n) is 6.51. The van der Waals surface area contributed by atoms with Gasteiger partial charge >= 0.3 is 0 Å². The first-order valence-corrected chi connectivity index (χ1v) is 9.23. The van der Waals surface area contributed by atoms with Crippen molar-refractivity contribution < 1.29 is 8.42 Å². The van der Waals surface area contributed by atoms with Gasteiger partial charge in [0.15, 0.2) is 0 Å². The summed E-state index contributed by atoms with van der Waals surface area (Å²) in [5, 5.41) is 2.78. The quantitative estimate of drug-likeness (QED) is 0.703. The Balaban J connectivity index is 2.36. The highest BCUT2D eigenvalue weighted by atomic mass is 32.2. The predicted molar refractivity (Wildman–Crippen MR) is 84.3 cm³/mol. The van der Waals surface area contributed by atoms with E-state index in [0.717, 1.165) is 19.5 Å². The number of nitrogens with zero attached hydrogens (tertiary/aromatic N) is 1. The summed E-state index contributed by atoms with van der Waals surface area (Å²) >= 11 is 0. The van der Waals surface area contributed by atoms with E-state index in [1.54, 1.807) is 6.92 Å². The highest BCUT2D eigenvalue weighted by molar-refractivity contribution is 7.90. The molecule has 1 saturated heterocycles. The van der Waals surface area contributed by atoms with Crippen molar-refractivity contribution in [2.45, 2.75) is 58.4 Å². The summed E-state index contributed by atoms with van der Waals surface area (Å²) in [7, 11) is -3.21. The van der Waals surface area contributed by atoms with Crippen LogP contribution < -0.4 is 10.0 Å². The van der Waals surface area contributed by atoms with Crippen LogP contribution in [0.5, 0.6) is 0 Å². The molecule has 1 aliphatic rings. The van der Waals surface area contributed by atoms with Crippen LogP contribution in [0.1, 0.15) is 41.0 Å². The first kappa shape index (κ1) is 17.9. The highest BCUT2D eigenvalue weighted by Crippen LogP contribution is 2.18. The number of sulfonamides is 1. The summed E-state index contributed by atoms with van der Waals surface area (Å²) in [4.78, 5) is 2.41.